The van der Waals surface area contributed by atoms with Gasteiger partial charge in [-0.05, 0) is 36.5 Å². The van der Waals surface area contributed by atoms with Crippen molar-refractivity contribution < 1.29 is 14.1 Å². The monoisotopic (exact) mass is 571 g/mol. The van der Waals surface area contributed by atoms with Crippen molar-refractivity contribution in [2.24, 2.45) is 5.92 Å². The van der Waals surface area contributed by atoms with E-state index in [-0.39, 0.29) is 29.7 Å². The second-order valence-electron chi connectivity index (χ2n) is 12.4. The van der Waals surface area contributed by atoms with Crippen LogP contribution in [0.25, 0.3) is 0 Å². The molecule has 2 atom stereocenters. The molecule has 2 unspecified atom stereocenters. The molecule has 3 aromatic rings. The number of anilines is 1. The van der Waals surface area contributed by atoms with Crippen molar-refractivity contribution in [2.45, 2.75) is 97.3 Å². The van der Waals surface area contributed by atoms with Crippen LogP contribution in [0.15, 0.2) is 59.1 Å². The Bertz CT molecular complexity index is 1340. The van der Waals surface area contributed by atoms with E-state index in [1.165, 1.54) is 5.56 Å². The highest BCUT2D eigenvalue weighted by atomic mass is 16.5. The molecule has 8 nitrogen and oxygen atoms in total. The van der Waals surface area contributed by atoms with Crippen LogP contribution in [0.5, 0.6) is 0 Å². The molecule has 1 fully saturated rings. The van der Waals surface area contributed by atoms with E-state index in [1.807, 2.05) is 55.7 Å². The lowest BCUT2D eigenvalue weighted by atomic mass is 9.92. The van der Waals surface area contributed by atoms with Gasteiger partial charge in [0, 0.05) is 68.6 Å². The Kier molecular flexibility index (Phi) is 9.73. The van der Waals surface area contributed by atoms with E-state index in [1.54, 1.807) is 0 Å². The largest absolute Gasteiger partial charge is 0.339 e. The number of carbonyl (C=O) groups is 2. The van der Waals surface area contributed by atoms with E-state index < -0.39 is 0 Å². The zero-order valence-corrected chi connectivity index (χ0v) is 25.5. The maximum absolute atomic E-state index is 14.0. The topological polar surface area (TPSA) is 82.8 Å². The van der Waals surface area contributed by atoms with Crippen molar-refractivity contribution in [2.75, 3.05) is 18.0 Å². The van der Waals surface area contributed by atoms with Gasteiger partial charge in [0.1, 0.15) is 0 Å². The highest BCUT2D eigenvalue weighted by Crippen LogP contribution is 2.32. The summed E-state index contributed by atoms with van der Waals surface area (Å²) in [4.78, 5) is 38.6. The van der Waals surface area contributed by atoms with Crippen molar-refractivity contribution in [1.82, 2.24) is 19.9 Å². The molecule has 0 aliphatic carbocycles. The summed E-state index contributed by atoms with van der Waals surface area (Å²) >= 11 is 0. The highest BCUT2D eigenvalue weighted by Gasteiger charge is 2.35. The van der Waals surface area contributed by atoms with Gasteiger partial charge in [-0.15, -0.1) is 0 Å². The van der Waals surface area contributed by atoms with Crippen LogP contribution in [0.3, 0.4) is 0 Å². The summed E-state index contributed by atoms with van der Waals surface area (Å²) in [5.41, 5.74) is 3.20. The Labute approximate surface area is 250 Å². The minimum absolute atomic E-state index is 0.0665. The van der Waals surface area contributed by atoms with Crippen LogP contribution in [0.4, 0.5) is 5.69 Å². The Morgan fingerprint density at radius 2 is 1.69 bits per heavy atom. The van der Waals surface area contributed by atoms with E-state index in [9.17, 15) is 9.59 Å². The van der Waals surface area contributed by atoms with E-state index in [0.29, 0.717) is 50.2 Å². The van der Waals surface area contributed by atoms with Gasteiger partial charge in [-0.25, -0.2) is 0 Å². The van der Waals surface area contributed by atoms with Crippen LogP contribution in [0, 0.1) is 5.92 Å². The molecule has 3 heterocycles. The SMILES string of the molecule is CC(C)C(=O)N1CCC2CCCC(CN(C(=O)CCc3nc(C(C)C)no3)Cc3ccccc31)N2Cc1ccccc1. The highest BCUT2D eigenvalue weighted by molar-refractivity contribution is 5.95. The first-order valence-electron chi connectivity index (χ1n) is 15.6. The zero-order chi connectivity index (χ0) is 29.6. The number of hydrogen-bond donors (Lipinski definition) is 0. The zero-order valence-electron chi connectivity index (χ0n) is 25.5. The summed E-state index contributed by atoms with van der Waals surface area (Å²) in [5.74, 6) is 1.41. The van der Waals surface area contributed by atoms with Crippen molar-refractivity contribution in [3.8, 4) is 0 Å². The molecule has 1 saturated heterocycles. The summed E-state index contributed by atoms with van der Waals surface area (Å²) < 4.78 is 5.45. The summed E-state index contributed by atoms with van der Waals surface area (Å²) in [6, 6.07) is 19.3. The number of para-hydroxylation sites is 1. The van der Waals surface area contributed by atoms with Gasteiger partial charge in [-0.2, -0.15) is 4.98 Å². The average Bonchev–Trinajstić information content (AvgIpc) is 3.47. The molecule has 224 valence electrons. The maximum Gasteiger partial charge on any atom is 0.229 e. The first-order valence-corrected chi connectivity index (χ1v) is 15.6. The number of carbonyl (C=O) groups excluding carboxylic acids is 2. The lowest BCUT2D eigenvalue weighted by Gasteiger charge is -2.44. The molecule has 2 aliphatic rings. The molecule has 0 saturated carbocycles. The number of aromatic nitrogens is 2. The second-order valence-corrected chi connectivity index (χ2v) is 12.4. The number of nitrogens with zero attached hydrogens (tertiary/aromatic N) is 5. The van der Waals surface area contributed by atoms with Crippen LogP contribution < -0.4 is 4.90 Å². The summed E-state index contributed by atoms with van der Waals surface area (Å²) in [7, 11) is 0. The summed E-state index contributed by atoms with van der Waals surface area (Å²) in [5, 5.41) is 4.07. The molecule has 2 aliphatic heterocycles. The number of hydrogen-bond acceptors (Lipinski definition) is 6. The number of piperidine rings is 1. The normalized spacial score (nSPS) is 20.0. The first kappa shape index (κ1) is 30.0. The average molecular weight is 572 g/mol. The number of benzene rings is 2. The van der Waals surface area contributed by atoms with Crippen LogP contribution >= 0.6 is 0 Å². The van der Waals surface area contributed by atoms with Gasteiger partial charge >= 0.3 is 0 Å². The van der Waals surface area contributed by atoms with E-state index in [0.717, 1.165) is 43.5 Å². The molecule has 8 heteroatoms. The van der Waals surface area contributed by atoms with Gasteiger partial charge in [0.2, 0.25) is 17.7 Å². The predicted molar refractivity (Wildman–Crippen MR) is 164 cm³/mol. The first-order chi connectivity index (χ1) is 20.3. The number of aryl methyl sites for hydroxylation is 1. The smallest absolute Gasteiger partial charge is 0.229 e. The Morgan fingerprint density at radius 1 is 0.952 bits per heavy atom. The molecule has 0 radical (unpaired) electrons. The summed E-state index contributed by atoms with van der Waals surface area (Å²) in [6.45, 7) is 10.6. The van der Waals surface area contributed by atoms with Gasteiger partial charge < -0.3 is 14.3 Å². The van der Waals surface area contributed by atoms with Crippen molar-refractivity contribution in [3.05, 3.63) is 77.4 Å². The van der Waals surface area contributed by atoms with Crippen LogP contribution in [0.1, 0.15) is 88.6 Å². The van der Waals surface area contributed by atoms with Gasteiger partial charge in [-0.3, -0.25) is 14.5 Å². The fourth-order valence-corrected chi connectivity index (χ4v) is 6.32. The molecule has 42 heavy (non-hydrogen) atoms. The Hall–Kier alpha value is -3.52. The fourth-order valence-electron chi connectivity index (χ4n) is 6.32. The molecular formula is C34H45N5O3. The third kappa shape index (κ3) is 7.09. The molecule has 2 amide bonds. The lowest BCUT2D eigenvalue weighted by molar-refractivity contribution is -0.133. The minimum Gasteiger partial charge on any atom is -0.339 e. The third-order valence-electron chi connectivity index (χ3n) is 8.65. The molecule has 1 aromatic heterocycles. The third-order valence-corrected chi connectivity index (χ3v) is 8.65. The standard InChI is InChI=1S/C34H45N5O3/c1-24(2)33-35-31(42-36-33)17-18-32(40)37-22-27-13-8-9-16-30(27)38(34(41)25(3)4)20-19-28-14-10-15-29(23-37)39(28)21-26-11-6-5-7-12-26/h5-9,11-13,16,24-25,28-29H,10,14-15,17-23H2,1-4H3. The van der Waals surface area contributed by atoms with Gasteiger partial charge in [0.15, 0.2) is 5.82 Å². The molecule has 0 spiro atoms. The summed E-state index contributed by atoms with van der Waals surface area (Å²) in [6.07, 6.45) is 4.87. The Balaban J connectivity index is 1.47. The van der Waals surface area contributed by atoms with E-state index >= 15 is 0 Å². The molecular weight excluding hydrogens is 526 g/mol. The minimum atomic E-state index is -0.120. The predicted octanol–water partition coefficient (Wildman–Crippen LogP) is 5.97. The van der Waals surface area contributed by atoms with Crippen LogP contribution in [-0.2, 0) is 29.1 Å². The molecule has 2 bridgehead atoms. The molecule has 5 rings (SSSR count). The number of amides is 2. The quantitative estimate of drug-likeness (QED) is 0.348. The van der Waals surface area contributed by atoms with Crippen molar-refractivity contribution >= 4 is 17.5 Å². The van der Waals surface area contributed by atoms with E-state index in [4.69, 9.17) is 4.52 Å². The molecule has 0 N–H and O–H groups in total. The van der Waals surface area contributed by atoms with E-state index in [2.05, 4.69) is 51.4 Å². The van der Waals surface area contributed by atoms with Crippen LogP contribution in [-0.4, -0.2) is 56.9 Å². The van der Waals surface area contributed by atoms with Crippen LogP contribution in [0.2, 0.25) is 0 Å². The Morgan fingerprint density at radius 3 is 2.43 bits per heavy atom. The number of fused-ring (bicyclic) bond motifs is 3. The lowest BCUT2D eigenvalue weighted by Crippen LogP contribution is -2.52. The molecule has 2 aromatic carbocycles. The van der Waals surface area contributed by atoms with Gasteiger partial charge in [0.05, 0.1) is 0 Å². The van der Waals surface area contributed by atoms with Gasteiger partial charge in [0.25, 0.3) is 0 Å². The van der Waals surface area contributed by atoms with Crippen molar-refractivity contribution in [1.29, 1.82) is 0 Å². The van der Waals surface area contributed by atoms with Gasteiger partial charge in [-0.1, -0.05) is 87.8 Å². The maximum atomic E-state index is 14.0. The second kappa shape index (κ2) is 13.6. The van der Waals surface area contributed by atoms with Crippen molar-refractivity contribution in [3.63, 3.8) is 0 Å². The fraction of sp³-hybridized carbons (Fsp3) is 0.529. The number of rotatable bonds is 7.